The van der Waals surface area contributed by atoms with E-state index in [1.807, 2.05) is 27.7 Å². The fourth-order valence-corrected chi connectivity index (χ4v) is 2.72. The fraction of sp³-hybridized carbons (Fsp3) is 0.889. The summed E-state index contributed by atoms with van der Waals surface area (Å²) in [7, 11) is -0.288. The molecule has 1 heterocycles. The predicted octanol–water partition coefficient (Wildman–Crippen LogP) is 3.47. The molecule has 0 aromatic heterocycles. The van der Waals surface area contributed by atoms with E-state index in [1.165, 1.54) is 0 Å². The average molecular weight is 371 g/mol. The van der Waals surface area contributed by atoms with Crippen molar-refractivity contribution in [3.8, 4) is 0 Å². The van der Waals surface area contributed by atoms with Gasteiger partial charge in [-0.25, -0.2) is 4.79 Å². The van der Waals surface area contributed by atoms with Crippen molar-refractivity contribution in [2.45, 2.75) is 90.9 Å². The molecule has 0 aromatic rings. The van der Waals surface area contributed by atoms with Crippen LogP contribution in [0.1, 0.15) is 67.7 Å². The van der Waals surface area contributed by atoms with Gasteiger partial charge in [-0.15, -0.1) is 0 Å². The number of aliphatic carboxylic acids is 1. The molecule has 1 unspecified atom stereocenters. The van der Waals surface area contributed by atoms with Crippen LogP contribution in [0.3, 0.4) is 0 Å². The van der Waals surface area contributed by atoms with E-state index < -0.39 is 17.7 Å². The number of amides is 1. The van der Waals surface area contributed by atoms with Crippen LogP contribution in [0.15, 0.2) is 0 Å². The summed E-state index contributed by atoms with van der Waals surface area (Å²) in [4.78, 5) is 22.8. The van der Waals surface area contributed by atoms with Crippen LogP contribution < -0.4 is 5.32 Å². The van der Waals surface area contributed by atoms with Gasteiger partial charge in [0.05, 0.1) is 11.2 Å². The Morgan fingerprint density at radius 3 is 2.15 bits per heavy atom. The molecular formula is C18H34BNO6. The number of carbonyl (C=O) groups is 2. The van der Waals surface area contributed by atoms with Gasteiger partial charge in [-0.2, -0.15) is 0 Å². The summed E-state index contributed by atoms with van der Waals surface area (Å²) < 4.78 is 17.1. The lowest BCUT2D eigenvalue weighted by molar-refractivity contribution is -0.138. The molecule has 8 heteroatoms. The second-order valence-corrected chi connectivity index (χ2v) is 8.96. The highest BCUT2D eigenvalue weighted by Crippen LogP contribution is 2.38. The molecule has 7 nitrogen and oxygen atoms in total. The zero-order valence-corrected chi connectivity index (χ0v) is 17.2. The van der Waals surface area contributed by atoms with Crippen molar-refractivity contribution in [2.75, 3.05) is 6.54 Å². The Hall–Kier alpha value is -1.28. The zero-order valence-electron chi connectivity index (χ0n) is 17.2. The Morgan fingerprint density at radius 2 is 1.69 bits per heavy atom. The lowest BCUT2D eigenvalue weighted by Gasteiger charge is -2.32. The molecule has 0 aliphatic carbocycles. The lowest BCUT2D eigenvalue weighted by Crippen LogP contribution is -2.41. The van der Waals surface area contributed by atoms with Crippen molar-refractivity contribution < 1.29 is 28.7 Å². The highest BCUT2D eigenvalue weighted by atomic mass is 16.7. The monoisotopic (exact) mass is 371 g/mol. The van der Waals surface area contributed by atoms with Gasteiger partial charge in [0.1, 0.15) is 5.60 Å². The first-order chi connectivity index (χ1) is 11.7. The molecule has 0 bridgehead atoms. The SMILES string of the molecule is CC(C)(C)OC(=O)NCC(CCCB1OC(C)(C)C(C)(C)O1)CC(=O)O. The smallest absolute Gasteiger partial charge is 0.457 e. The third kappa shape index (κ3) is 7.54. The maximum Gasteiger partial charge on any atom is 0.457 e. The van der Waals surface area contributed by atoms with E-state index in [2.05, 4.69) is 5.32 Å². The molecule has 0 aromatic carbocycles. The van der Waals surface area contributed by atoms with Gasteiger partial charge < -0.3 is 24.5 Å². The Bertz CT molecular complexity index is 484. The van der Waals surface area contributed by atoms with Crippen molar-refractivity contribution in [3.63, 3.8) is 0 Å². The van der Waals surface area contributed by atoms with Gasteiger partial charge in [0, 0.05) is 13.0 Å². The molecule has 0 spiro atoms. The van der Waals surface area contributed by atoms with E-state index in [4.69, 9.17) is 19.2 Å². The van der Waals surface area contributed by atoms with Crippen LogP contribution >= 0.6 is 0 Å². The minimum Gasteiger partial charge on any atom is -0.481 e. The minimum absolute atomic E-state index is 0.000828. The summed E-state index contributed by atoms with van der Waals surface area (Å²) in [5, 5.41) is 11.8. The first-order valence-corrected chi connectivity index (χ1v) is 9.26. The standard InChI is InChI=1S/C18H34BNO6/c1-16(2,3)24-15(23)20-12-13(11-14(21)22)9-8-10-19-25-17(4,5)18(6,7)26-19/h13H,8-12H2,1-7H3,(H,20,23)(H,21,22). The van der Waals surface area contributed by atoms with Crippen LogP contribution in [0.4, 0.5) is 4.79 Å². The summed E-state index contributed by atoms with van der Waals surface area (Å²) in [6.45, 7) is 13.6. The molecule has 1 aliphatic heterocycles. The zero-order chi connectivity index (χ0) is 20.2. The number of carboxylic acid groups (broad SMARTS) is 1. The number of rotatable bonds is 8. The summed E-state index contributed by atoms with van der Waals surface area (Å²) in [5.41, 5.74) is -1.31. The Balaban J connectivity index is 2.43. The van der Waals surface area contributed by atoms with E-state index in [9.17, 15) is 9.59 Å². The van der Waals surface area contributed by atoms with Crippen LogP contribution in [0.25, 0.3) is 0 Å². The first-order valence-electron chi connectivity index (χ1n) is 9.26. The highest BCUT2D eigenvalue weighted by molar-refractivity contribution is 6.45. The molecule has 0 radical (unpaired) electrons. The second kappa shape index (κ2) is 8.61. The van der Waals surface area contributed by atoms with Crippen molar-refractivity contribution >= 4 is 19.2 Å². The van der Waals surface area contributed by atoms with Gasteiger partial charge in [-0.05, 0) is 67.1 Å². The van der Waals surface area contributed by atoms with E-state index in [1.54, 1.807) is 20.8 Å². The summed E-state index contributed by atoms with van der Waals surface area (Å²) >= 11 is 0. The number of hydrogen-bond acceptors (Lipinski definition) is 5. The van der Waals surface area contributed by atoms with E-state index in [0.717, 1.165) is 6.42 Å². The molecule has 1 saturated heterocycles. The molecule has 1 fully saturated rings. The van der Waals surface area contributed by atoms with Gasteiger partial charge in [-0.1, -0.05) is 6.42 Å². The number of hydrogen-bond donors (Lipinski definition) is 2. The molecular weight excluding hydrogens is 337 g/mol. The van der Waals surface area contributed by atoms with Gasteiger partial charge in [0.25, 0.3) is 0 Å². The fourth-order valence-electron chi connectivity index (χ4n) is 2.72. The highest BCUT2D eigenvalue weighted by Gasteiger charge is 2.50. The minimum atomic E-state index is -0.878. The molecule has 2 N–H and O–H groups in total. The number of ether oxygens (including phenoxy) is 1. The van der Waals surface area contributed by atoms with Gasteiger partial charge in [0.15, 0.2) is 0 Å². The maximum absolute atomic E-state index is 11.8. The predicted molar refractivity (Wildman–Crippen MR) is 100 cm³/mol. The number of carboxylic acids is 1. The quantitative estimate of drug-likeness (QED) is 0.635. The molecule has 26 heavy (non-hydrogen) atoms. The Kier molecular flexibility index (Phi) is 7.54. The van der Waals surface area contributed by atoms with Crippen LogP contribution in [0, 0.1) is 5.92 Å². The third-order valence-corrected chi connectivity index (χ3v) is 4.75. The van der Waals surface area contributed by atoms with Crippen LogP contribution in [-0.2, 0) is 18.8 Å². The van der Waals surface area contributed by atoms with Crippen molar-refractivity contribution in [1.82, 2.24) is 5.32 Å². The lowest BCUT2D eigenvalue weighted by atomic mass is 9.80. The van der Waals surface area contributed by atoms with Crippen LogP contribution in [0.2, 0.25) is 6.32 Å². The second-order valence-electron chi connectivity index (χ2n) is 8.96. The number of nitrogens with one attached hydrogen (secondary N) is 1. The van der Waals surface area contributed by atoms with E-state index in [-0.39, 0.29) is 37.2 Å². The molecule has 1 atom stereocenters. The number of alkyl carbamates (subject to hydrolysis) is 1. The number of carbonyl (C=O) groups excluding carboxylic acids is 1. The van der Waals surface area contributed by atoms with E-state index >= 15 is 0 Å². The molecule has 0 saturated carbocycles. The third-order valence-electron chi connectivity index (χ3n) is 4.75. The molecule has 1 amide bonds. The first kappa shape index (κ1) is 22.8. The molecule has 1 rings (SSSR count). The summed E-state index contributed by atoms with van der Waals surface area (Å²) in [6.07, 6.45) is 1.57. The van der Waals surface area contributed by atoms with E-state index in [0.29, 0.717) is 12.7 Å². The van der Waals surface area contributed by atoms with Crippen LogP contribution in [-0.4, -0.2) is 47.6 Å². The van der Waals surface area contributed by atoms with Crippen molar-refractivity contribution in [3.05, 3.63) is 0 Å². The van der Waals surface area contributed by atoms with Gasteiger partial charge in [0.2, 0.25) is 0 Å². The van der Waals surface area contributed by atoms with Gasteiger partial charge >= 0.3 is 19.2 Å². The topological polar surface area (TPSA) is 94.1 Å². The van der Waals surface area contributed by atoms with Gasteiger partial charge in [-0.3, -0.25) is 4.79 Å². The maximum atomic E-state index is 11.8. The Labute approximate surface area is 157 Å². The van der Waals surface area contributed by atoms with Crippen molar-refractivity contribution in [1.29, 1.82) is 0 Å². The van der Waals surface area contributed by atoms with Crippen molar-refractivity contribution in [2.24, 2.45) is 5.92 Å². The Morgan fingerprint density at radius 1 is 1.15 bits per heavy atom. The summed E-state index contributed by atoms with van der Waals surface area (Å²) in [5.74, 6) is -1.04. The normalized spacial score (nSPS) is 19.9. The summed E-state index contributed by atoms with van der Waals surface area (Å²) in [6, 6.07) is 0. The average Bonchev–Trinajstić information content (AvgIpc) is 2.61. The largest absolute Gasteiger partial charge is 0.481 e. The molecule has 1 aliphatic rings. The van der Waals surface area contributed by atoms with Crippen LogP contribution in [0.5, 0.6) is 0 Å². The molecule has 150 valence electrons.